The van der Waals surface area contributed by atoms with Gasteiger partial charge in [-0.1, -0.05) is 19.9 Å². The summed E-state index contributed by atoms with van der Waals surface area (Å²) in [6.45, 7) is 6.22. The molecule has 0 bridgehead atoms. The molecule has 12 heavy (non-hydrogen) atoms. The fourth-order valence-electron chi connectivity index (χ4n) is 1.59. The Hall–Kier alpha value is 0.0500. The first-order valence-electron chi connectivity index (χ1n) is 4.48. The van der Waals surface area contributed by atoms with E-state index < -0.39 is 0 Å². The predicted octanol–water partition coefficient (Wildman–Crippen LogP) is 2.41. The van der Waals surface area contributed by atoms with Crippen LogP contribution in [0.2, 0.25) is 0 Å². The monoisotopic (exact) mass is 186 g/mol. The summed E-state index contributed by atoms with van der Waals surface area (Å²) >= 11 is 4.53. The van der Waals surface area contributed by atoms with Gasteiger partial charge in [0.2, 0.25) is 0 Å². The third-order valence-electron chi connectivity index (χ3n) is 2.76. The first kappa shape index (κ1) is 10.1. The van der Waals surface area contributed by atoms with Crippen LogP contribution in [0.25, 0.3) is 0 Å². The summed E-state index contributed by atoms with van der Waals surface area (Å²) in [5.41, 5.74) is 1.11. The van der Waals surface area contributed by atoms with Crippen molar-refractivity contribution in [3.05, 3.63) is 11.6 Å². The molecule has 0 aromatic rings. The normalized spacial score (nSPS) is 31.6. The van der Waals surface area contributed by atoms with Gasteiger partial charge in [0.05, 0.1) is 6.10 Å². The second-order valence-corrected chi connectivity index (χ2v) is 5.44. The Labute approximate surface area is 80.3 Å². The molecule has 0 saturated heterocycles. The predicted molar refractivity (Wildman–Crippen MR) is 55.6 cm³/mol. The number of rotatable bonds is 1. The van der Waals surface area contributed by atoms with Crippen LogP contribution in [0, 0.1) is 5.92 Å². The van der Waals surface area contributed by atoms with Gasteiger partial charge >= 0.3 is 0 Å². The average molecular weight is 186 g/mol. The average Bonchev–Trinajstić information content (AvgIpc) is 1.92. The molecule has 0 spiro atoms. The van der Waals surface area contributed by atoms with E-state index in [0.29, 0.717) is 5.92 Å². The van der Waals surface area contributed by atoms with Crippen molar-refractivity contribution in [2.75, 3.05) is 0 Å². The Morgan fingerprint density at radius 1 is 1.58 bits per heavy atom. The third-order valence-corrected chi connectivity index (χ3v) is 3.12. The topological polar surface area (TPSA) is 20.2 Å². The van der Waals surface area contributed by atoms with Crippen LogP contribution < -0.4 is 0 Å². The molecule has 1 aliphatic rings. The van der Waals surface area contributed by atoms with Gasteiger partial charge in [0.15, 0.2) is 0 Å². The molecule has 2 heteroatoms. The van der Waals surface area contributed by atoms with Crippen LogP contribution >= 0.6 is 12.6 Å². The van der Waals surface area contributed by atoms with Gasteiger partial charge in [0, 0.05) is 4.75 Å². The number of aliphatic hydroxyl groups is 1. The highest BCUT2D eigenvalue weighted by molar-refractivity contribution is 7.81. The second kappa shape index (κ2) is 3.43. The van der Waals surface area contributed by atoms with Crippen LogP contribution in [-0.2, 0) is 0 Å². The molecule has 0 aromatic heterocycles. The summed E-state index contributed by atoms with van der Waals surface area (Å²) in [5, 5.41) is 9.61. The summed E-state index contributed by atoms with van der Waals surface area (Å²) < 4.78 is 0.0260. The van der Waals surface area contributed by atoms with Crippen LogP contribution in [0.5, 0.6) is 0 Å². The smallest absolute Gasteiger partial charge is 0.0750 e. The van der Waals surface area contributed by atoms with Crippen LogP contribution in [0.1, 0.15) is 33.6 Å². The second-order valence-electron chi connectivity index (χ2n) is 4.29. The van der Waals surface area contributed by atoms with Gasteiger partial charge in [0.25, 0.3) is 0 Å². The molecular weight excluding hydrogens is 168 g/mol. The summed E-state index contributed by atoms with van der Waals surface area (Å²) in [4.78, 5) is 0. The zero-order valence-corrected chi connectivity index (χ0v) is 8.94. The third kappa shape index (κ3) is 2.27. The number of thiol groups is 1. The lowest BCUT2D eigenvalue weighted by atomic mass is 9.81. The molecule has 2 unspecified atom stereocenters. The molecule has 2 atom stereocenters. The number of allylic oxidation sites excluding steroid dienone is 1. The SMILES string of the molecule is CC1=CCC(C(C)(C)S)CC1O. The van der Waals surface area contributed by atoms with Crippen LogP contribution in [0.3, 0.4) is 0 Å². The highest BCUT2D eigenvalue weighted by atomic mass is 32.1. The molecule has 0 radical (unpaired) electrons. The molecule has 0 aliphatic heterocycles. The minimum atomic E-state index is -0.241. The Bertz CT molecular complexity index is 191. The van der Waals surface area contributed by atoms with E-state index >= 15 is 0 Å². The number of hydrogen-bond donors (Lipinski definition) is 2. The van der Waals surface area contributed by atoms with E-state index in [-0.39, 0.29) is 10.9 Å². The zero-order chi connectivity index (χ0) is 9.35. The van der Waals surface area contributed by atoms with Gasteiger partial charge in [-0.05, 0) is 31.3 Å². The maximum atomic E-state index is 9.61. The van der Waals surface area contributed by atoms with Crippen LogP contribution in [0.4, 0.5) is 0 Å². The van der Waals surface area contributed by atoms with Crippen molar-refractivity contribution in [3.63, 3.8) is 0 Å². The molecule has 0 saturated carbocycles. The first-order valence-corrected chi connectivity index (χ1v) is 4.93. The molecule has 0 amide bonds. The molecular formula is C10H18OS. The molecule has 1 rings (SSSR count). The van der Waals surface area contributed by atoms with E-state index in [4.69, 9.17) is 0 Å². The van der Waals surface area contributed by atoms with Gasteiger partial charge in [-0.2, -0.15) is 12.6 Å². The highest BCUT2D eigenvalue weighted by Gasteiger charge is 2.29. The Balaban J connectivity index is 2.65. The van der Waals surface area contributed by atoms with Crippen molar-refractivity contribution >= 4 is 12.6 Å². The fourth-order valence-corrected chi connectivity index (χ4v) is 1.80. The maximum Gasteiger partial charge on any atom is 0.0750 e. The van der Waals surface area contributed by atoms with E-state index in [1.807, 2.05) is 6.92 Å². The highest BCUT2D eigenvalue weighted by Crippen LogP contribution is 2.35. The maximum absolute atomic E-state index is 9.61. The Kier molecular flexibility index (Phi) is 2.89. The lowest BCUT2D eigenvalue weighted by molar-refractivity contribution is 0.156. The van der Waals surface area contributed by atoms with E-state index in [0.717, 1.165) is 18.4 Å². The standard InChI is InChI=1S/C10H18OS/c1-7-4-5-8(6-9(7)11)10(2,3)12/h4,8-9,11-12H,5-6H2,1-3H3. The Morgan fingerprint density at radius 2 is 2.17 bits per heavy atom. The van der Waals surface area contributed by atoms with Crippen molar-refractivity contribution in [2.45, 2.75) is 44.5 Å². The molecule has 70 valence electrons. The quantitative estimate of drug-likeness (QED) is 0.476. The van der Waals surface area contributed by atoms with Crippen molar-refractivity contribution in [1.82, 2.24) is 0 Å². The van der Waals surface area contributed by atoms with Crippen molar-refractivity contribution < 1.29 is 5.11 Å². The van der Waals surface area contributed by atoms with Gasteiger partial charge in [-0.3, -0.25) is 0 Å². The fraction of sp³-hybridized carbons (Fsp3) is 0.800. The summed E-state index contributed by atoms with van der Waals surface area (Å²) in [7, 11) is 0. The van der Waals surface area contributed by atoms with Gasteiger partial charge in [-0.25, -0.2) is 0 Å². The van der Waals surface area contributed by atoms with Gasteiger partial charge < -0.3 is 5.11 Å². The van der Waals surface area contributed by atoms with E-state index in [1.54, 1.807) is 0 Å². The number of aliphatic hydroxyl groups excluding tert-OH is 1. The molecule has 1 N–H and O–H groups in total. The van der Waals surface area contributed by atoms with E-state index in [9.17, 15) is 5.11 Å². The lowest BCUT2D eigenvalue weighted by Gasteiger charge is -2.34. The molecule has 0 heterocycles. The number of hydrogen-bond acceptors (Lipinski definition) is 2. The van der Waals surface area contributed by atoms with Crippen molar-refractivity contribution in [2.24, 2.45) is 5.92 Å². The zero-order valence-electron chi connectivity index (χ0n) is 8.04. The van der Waals surface area contributed by atoms with Crippen molar-refractivity contribution in [1.29, 1.82) is 0 Å². The molecule has 1 aliphatic carbocycles. The van der Waals surface area contributed by atoms with E-state index in [1.165, 1.54) is 0 Å². The summed E-state index contributed by atoms with van der Waals surface area (Å²) in [6, 6.07) is 0. The molecule has 0 aromatic carbocycles. The largest absolute Gasteiger partial charge is 0.389 e. The minimum absolute atomic E-state index is 0.0260. The van der Waals surface area contributed by atoms with Crippen LogP contribution in [0.15, 0.2) is 11.6 Å². The molecule has 0 fully saturated rings. The first-order chi connectivity index (χ1) is 5.41. The molecule has 1 nitrogen and oxygen atoms in total. The van der Waals surface area contributed by atoms with Crippen LogP contribution in [-0.4, -0.2) is 16.0 Å². The van der Waals surface area contributed by atoms with E-state index in [2.05, 4.69) is 32.6 Å². The Morgan fingerprint density at radius 3 is 2.58 bits per heavy atom. The summed E-state index contributed by atoms with van der Waals surface area (Å²) in [6.07, 6.45) is 3.81. The van der Waals surface area contributed by atoms with Gasteiger partial charge in [-0.15, -0.1) is 0 Å². The summed E-state index contributed by atoms with van der Waals surface area (Å²) in [5.74, 6) is 0.500. The van der Waals surface area contributed by atoms with Crippen molar-refractivity contribution in [3.8, 4) is 0 Å². The van der Waals surface area contributed by atoms with Gasteiger partial charge in [0.1, 0.15) is 0 Å². The minimum Gasteiger partial charge on any atom is -0.389 e. The lowest BCUT2D eigenvalue weighted by Crippen LogP contribution is -2.31.